The molecule has 35 heavy (non-hydrogen) atoms. The van der Waals surface area contributed by atoms with Gasteiger partial charge in [0.1, 0.15) is 10.6 Å². The first kappa shape index (κ1) is 23.6. The molecule has 1 aliphatic rings. The smallest absolute Gasteiger partial charge is 0.260 e. The summed E-state index contributed by atoms with van der Waals surface area (Å²) in [6.45, 7) is 4.31. The van der Waals surface area contributed by atoms with E-state index in [4.69, 9.17) is 4.74 Å². The average molecular weight is 506 g/mol. The van der Waals surface area contributed by atoms with Gasteiger partial charge >= 0.3 is 0 Å². The molecule has 2 aromatic carbocycles. The zero-order valence-corrected chi connectivity index (χ0v) is 21.4. The van der Waals surface area contributed by atoms with E-state index in [-0.39, 0.29) is 11.5 Å². The first-order valence-electron chi connectivity index (χ1n) is 11.9. The third-order valence-corrected chi connectivity index (χ3v) is 8.03. The molecule has 180 valence electrons. The fraction of sp³-hybridized carbons (Fsp3) is 0.296. The fourth-order valence-corrected chi connectivity index (χ4v) is 6.17. The Bertz CT molecular complexity index is 1430. The van der Waals surface area contributed by atoms with E-state index >= 15 is 0 Å². The second-order valence-corrected chi connectivity index (χ2v) is 10.8. The summed E-state index contributed by atoms with van der Waals surface area (Å²) >= 11 is 2.70. The number of thiophene rings is 1. The van der Waals surface area contributed by atoms with Gasteiger partial charge < -0.3 is 15.0 Å². The summed E-state index contributed by atoms with van der Waals surface area (Å²) in [5.74, 6) is 0.594. The number of benzene rings is 2. The van der Waals surface area contributed by atoms with E-state index in [9.17, 15) is 9.59 Å². The molecular weight excluding hydrogens is 478 g/mol. The summed E-state index contributed by atoms with van der Waals surface area (Å²) in [5.41, 5.74) is 5.30. The molecule has 0 fully saturated rings. The summed E-state index contributed by atoms with van der Waals surface area (Å²) in [6.07, 6.45) is 4.69. The molecule has 1 aliphatic carbocycles. The Morgan fingerprint density at radius 3 is 2.71 bits per heavy atom. The van der Waals surface area contributed by atoms with Crippen LogP contribution in [-0.4, -0.2) is 27.7 Å². The molecule has 1 atom stereocenters. The number of carbonyl (C=O) groups is 1. The number of amides is 1. The standard InChI is InChI=1S/C27H27N3O3S2/c1-3-33-21-12-10-20(11-13-21)28-24(31)16(2)35-27-29-25(32)23-22(15-34-26(23)30-27)19-9-8-17-6-4-5-7-18(17)14-19/h8-16H,3-7H2,1-2H3,(H,28,31)(H,29,30,32). The van der Waals surface area contributed by atoms with Crippen LogP contribution in [0.4, 0.5) is 5.69 Å². The summed E-state index contributed by atoms with van der Waals surface area (Å²) in [7, 11) is 0. The Kier molecular flexibility index (Phi) is 6.92. The van der Waals surface area contributed by atoms with E-state index < -0.39 is 5.25 Å². The van der Waals surface area contributed by atoms with Gasteiger partial charge in [0, 0.05) is 16.6 Å². The lowest BCUT2D eigenvalue weighted by Gasteiger charge is -2.16. The zero-order valence-electron chi connectivity index (χ0n) is 19.7. The molecule has 8 heteroatoms. The predicted octanol–water partition coefficient (Wildman–Crippen LogP) is 6.05. The Morgan fingerprint density at radius 2 is 1.94 bits per heavy atom. The number of ether oxygens (including phenoxy) is 1. The van der Waals surface area contributed by atoms with Crippen molar-refractivity contribution in [2.75, 3.05) is 11.9 Å². The number of aryl methyl sites for hydroxylation is 2. The van der Waals surface area contributed by atoms with Crippen molar-refractivity contribution < 1.29 is 9.53 Å². The van der Waals surface area contributed by atoms with Crippen LogP contribution in [0, 0.1) is 0 Å². The highest BCUT2D eigenvalue weighted by atomic mass is 32.2. The van der Waals surface area contributed by atoms with Gasteiger partial charge in [0.05, 0.1) is 17.2 Å². The van der Waals surface area contributed by atoms with Gasteiger partial charge in [-0.1, -0.05) is 30.0 Å². The number of nitrogens with one attached hydrogen (secondary N) is 2. The molecule has 0 radical (unpaired) electrons. The number of nitrogens with zero attached hydrogens (tertiary/aromatic N) is 1. The van der Waals surface area contributed by atoms with Crippen LogP contribution in [0.15, 0.2) is 57.8 Å². The molecule has 0 saturated heterocycles. The van der Waals surface area contributed by atoms with E-state index in [1.165, 1.54) is 47.1 Å². The van der Waals surface area contributed by atoms with Crippen LogP contribution in [0.1, 0.15) is 37.8 Å². The molecule has 0 saturated carbocycles. The molecule has 2 N–H and O–H groups in total. The van der Waals surface area contributed by atoms with Crippen molar-refractivity contribution >= 4 is 44.9 Å². The van der Waals surface area contributed by atoms with Crippen molar-refractivity contribution in [1.29, 1.82) is 0 Å². The van der Waals surface area contributed by atoms with Crippen molar-refractivity contribution in [2.24, 2.45) is 0 Å². The van der Waals surface area contributed by atoms with Crippen LogP contribution in [0.2, 0.25) is 0 Å². The third-order valence-electron chi connectivity index (χ3n) is 6.17. The van der Waals surface area contributed by atoms with Crippen LogP contribution in [-0.2, 0) is 17.6 Å². The number of aromatic amines is 1. The highest BCUT2D eigenvalue weighted by Crippen LogP contribution is 2.34. The monoisotopic (exact) mass is 505 g/mol. The minimum Gasteiger partial charge on any atom is -0.494 e. The summed E-state index contributed by atoms with van der Waals surface area (Å²) in [4.78, 5) is 34.0. The number of H-pyrrole nitrogens is 1. The molecule has 1 unspecified atom stereocenters. The molecule has 0 aliphatic heterocycles. The Labute approximate surface area is 212 Å². The molecule has 0 spiro atoms. The van der Waals surface area contributed by atoms with Crippen molar-refractivity contribution in [2.45, 2.75) is 49.9 Å². The highest BCUT2D eigenvalue weighted by Gasteiger charge is 2.19. The Morgan fingerprint density at radius 1 is 1.17 bits per heavy atom. The largest absolute Gasteiger partial charge is 0.494 e. The zero-order chi connectivity index (χ0) is 24.4. The number of hydrogen-bond donors (Lipinski definition) is 2. The van der Waals surface area contributed by atoms with Crippen LogP contribution in [0.25, 0.3) is 21.3 Å². The number of carbonyl (C=O) groups excluding carboxylic acids is 1. The minimum atomic E-state index is -0.442. The first-order valence-corrected chi connectivity index (χ1v) is 13.6. The summed E-state index contributed by atoms with van der Waals surface area (Å²) in [6, 6.07) is 13.8. The van der Waals surface area contributed by atoms with Gasteiger partial charge in [-0.2, -0.15) is 0 Å². The number of anilines is 1. The molecule has 1 amide bonds. The number of fused-ring (bicyclic) bond motifs is 2. The number of hydrogen-bond acceptors (Lipinski definition) is 6. The number of rotatable bonds is 7. The highest BCUT2D eigenvalue weighted by molar-refractivity contribution is 8.00. The van der Waals surface area contributed by atoms with Crippen LogP contribution < -0.4 is 15.6 Å². The molecule has 2 heterocycles. The van der Waals surface area contributed by atoms with E-state index in [0.29, 0.717) is 27.7 Å². The molecule has 6 nitrogen and oxygen atoms in total. The third kappa shape index (κ3) is 5.13. The molecule has 5 rings (SSSR count). The Balaban J connectivity index is 1.32. The van der Waals surface area contributed by atoms with E-state index in [1.807, 2.05) is 24.4 Å². The van der Waals surface area contributed by atoms with Crippen molar-refractivity contribution in [1.82, 2.24) is 9.97 Å². The van der Waals surface area contributed by atoms with Crippen molar-refractivity contribution in [3.8, 4) is 16.9 Å². The molecular formula is C27H27N3O3S2. The molecule has 0 bridgehead atoms. The maximum Gasteiger partial charge on any atom is 0.260 e. The normalized spacial score (nSPS) is 13.9. The van der Waals surface area contributed by atoms with E-state index in [1.54, 1.807) is 19.1 Å². The summed E-state index contributed by atoms with van der Waals surface area (Å²) in [5, 5.41) is 5.52. The van der Waals surface area contributed by atoms with E-state index in [2.05, 4.69) is 33.5 Å². The lowest BCUT2D eigenvalue weighted by molar-refractivity contribution is -0.115. The SMILES string of the molecule is CCOc1ccc(NC(=O)C(C)Sc2nc3scc(-c4ccc5c(c4)CCCC5)c3c(=O)[nH]2)cc1. The lowest BCUT2D eigenvalue weighted by atomic mass is 9.89. The van der Waals surface area contributed by atoms with Crippen molar-refractivity contribution in [3.63, 3.8) is 0 Å². The van der Waals surface area contributed by atoms with Gasteiger partial charge in [-0.05, 0) is 80.5 Å². The average Bonchev–Trinajstić information content (AvgIpc) is 3.29. The van der Waals surface area contributed by atoms with Gasteiger partial charge in [0.15, 0.2) is 5.16 Å². The lowest BCUT2D eigenvalue weighted by Crippen LogP contribution is -2.23. The second-order valence-electron chi connectivity index (χ2n) is 8.60. The maximum atomic E-state index is 13.1. The molecule has 2 aromatic heterocycles. The van der Waals surface area contributed by atoms with Gasteiger partial charge in [0.2, 0.25) is 5.91 Å². The van der Waals surface area contributed by atoms with Gasteiger partial charge in [-0.25, -0.2) is 4.98 Å². The fourth-order valence-electron chi connectivity index (χ4n) is 4.36. The van der Waals surface area contributed by atoms with Crippen molar-refractivity contribution in [3.05, 3.63) is 69.3 Å². The number of thioether (sulfide) groups is 1. The molecule has 4 aromatic rings. The van der Waals surface area contributed by atoms with E-state index in [0.717, 1.165) is 29.7 Å². The van der Waals surface area contributed by atoms with Crippen LogP contribution in [0.3, 0.4) is 0 Å². The van der Waals surface area contributed by atoms with Gasteiger partial charge in [-0.3, -0.25) is 9.59 Å². The van der Waals surface area contributed by atoms with Crippen LogP contribution in [0.5, 0.6) is 5.75 Å². The predicted molar refractivity (Wildman–Crippen MR) is 144 cm³/mol. The van der Waals surface area contributed by atoms with Gasteiger partial charge in [0.25, 0.3) is 5.56 Å². The Hall–Kier alpha value is -3.10. The second kappa shape index (κ2) is 10.3. The topological polar surface area (TPSA) is 84.1 Å². The maximum absolute atomic E-state index is 13.1. The van der Waals surface area contributed by atoms with Crippen LogP contribution >= 0.6 is 23.1 Å². The summed E-state index contributed by atoms with van der Waals surface area (Å²) < 4.78 is 5.44. The first-order chi connectivity index (χ1) is 17.0. The number of aromatic nitrogens is 2. The minimum absolute atomic E-state index is 0.164. The van der Waals surface area contributed by atoms with Gasteiger partial charge in [-0.15, -0.1) is 11.3 Å². The quantitative estimate of drug-likeness (QED) is 0.236.